The van der Waals surface area contributed by atoms with Crippen LogP contribution < -0.4 is 14.2 Å². The first kappa shape index (κ1) is 22.0. The minimum Gasteiger partial charge on any atom is -0.507 e. The van der Waals surface area contributed by atoms with E-state index in [0.29, 0.717) is 11.5 Å². The number of fused-ring (bicyclic) bond motifs is 1. The topological polar surface area (TPSA) is 172 Å². The Bertz CT molecular complexity index is 1030. The minimum atomic E-state index is -1.65. The van der Waals surface area contributed by atoms with Gasteiger partial charge in [0.2, 0.25) is 24.6 Å². The summed E-state index contributed by atoms with van der Waals surface area (Å²) in [4.78, 5) is 25.2. The van der Waals surface area contributed by atoms with Gasteiger partial charge in [0.15, 0.2) is 11.5 Å². The van der Waals surface area contributed by atoms with Gasteiger partial charge >= 0.3 is 0 Å². The molecule has 5 N–H and O–H groups in total. The average molecular weight is 448 g/mol. The number of rotatable bonds is 6. The third-order valence-corrected chi connectivity index (χ3v) is 5.16. The molecule has 0 radical (unpaired) electrons. The molecule has 11 heteroatoms. The maximum Gasteiger partial charge on any atom is 0.237 e. The Morgan fingerprint density at radius 2 is 1.69 bits per heavy atom. The Morgan fingerprint density at radius 1 is 0.938 bits per heavy atom. The summed E-state index contributed by atoms with van der Waals surface area (Å²) < 4.78 is 21.0. The van der Waals surface area contributed by atoms with Crippen molar-refractivity contribution in [2.75, 3.05) is 13.4 Å². The number of benzene rings is 2. The van der Waals surface area contributed by atoms with Crippen molar-refractivity contribution in [3.05, 3.63) is 47.5 Å². The van der Waals surface area contributed by atoms with Crippen LogP contribution in [0.2, 0.25) is 0 Å². The summed E-state index contributed by atoms with van der Waals surface area (Å²) in [6, 6.07) is 7.71. The maximum absolute atomic E-state index is 12.6. The molecule has 32 heavy (non-hydrogen) atoms. The number of aliphatic hydroxyl groups excluding tert-OH is 4. The number of phenols is 1. The molecule has 2 aliphatic heterocycles. The average Bonchev–Trinajstić information content (AvgIpc) is 3.26. The Balaban J connectivity index is 1.49. The third kappa shape index (κ3) is 3.99. The molecule has 1 saturated heterocycles. The van der Waals surface area contributed by atoms with Crippen molar-refractivity contribution in [2.45, 2.75) is 30.7 Å². The predicted octanol–water partition coefficient (Wildman–Crippen LogP) is -0.635. The Morgan fingerprint density at radius 3 is 2.41 bits per heavy atom. The number of ether oxygens (including phenoxy) is 4. The minimum absolute atomic E-state index is 0.0115. The standard InChI is InChI=1S/C21H20O11/c22-7-15-18(26)19(27)20(28)21(32-15)31-10-2-3-11(12(23)6-10)17(25)16(24)9-1-4-13-14(5-9)30-8-29-13/h1-6,15,18-23,26-28H,7-8H2/t15-,18-,19+,20-,21-/m1/s1. The lowest BCUT2D eigenvalue weighted by atomic mass is 9.99. The molecule has 1 fully saturated rings. The zero-order chi connectivity index (χ0) is 23.0. The van der Waals surface area contributed by atoms with E-state index in [9.17, 15) is 35.1 Å². The molecule has 4 rings (SSSR count). The van der Waals surface area contributed by atoms with Crippen molar-refractivity contribution < 1.29 is 54.1 Å². The SMILES string of the molecule is O=C(C(=O)c1ccc(O[C@@H]2O[C@H](CO)[C@@H](O)[C@H](O)[C@H]2O)cc1O)c1ccc2c(c1)OCO2. The van der Waals surface area contributed by atoms with Gasteiger partial charge in [-0.2, -0.15) is 0 Å². The highest BCUT2D eigenvalue weighted by molar-refractivity contribution is 6.49. The Kier molecular flexibility index (Phi) is 6.00. The first-order valence-corrected chi connectivity index (χ1v) is 9.59. The Labute approximate surface area is 181 Å². The highest BCUT2D eigenvalue weighted by Crippen LogP contribution is 2.33. The first-order chi connectivity index (χ1) is 15.3. The zero-order valence-corrected chi connectivity index (χ0v) is 16.5. The van der Waals surface area contributed by atoms with E-state index in [1.807, 2.05) is 0 Å². The lowest BCUT2D eigenvalue weighted by Gasteiger charge is -2.39. The van der Waals surface area contributed by atoms with Crippen molar-refractivity contribution in [1.29, 1.82) is 0 Å². The molecule has 11 nitrogen and oxygen atoms in total. The van der Waals surface area contributed by atoms with Gasteiger partial charge in [0.1, 0.15) is 35.9 Å². The fraction of sp³-hybridized carbons (Fsp3) is 0.333. The number of hydrogen-bond donors (Lipinski definition) is 5. The number of hydrogen-bond acceptors (Lipinski definition) is 11. The van der Waals surface area contributed by atoms with Gasteiger partial charge in [0, 0.05) is 11.6 Å². The molecule has 5 atom stereocenters. The van der Waals surface area contributed by atoms with Gasteiger partial charge < -0.3 is 44.5 Å². The maximum atomic E-state index is 12.6. The molecule has 2 heterocycles. The fourth-order valence-electron chi connectivity index (χ4n) is 3.37. The van der Waals surface area contributed by atoms with Crippen LogP contribution in [0.3, 0.4) is 0 Å². The van der Waals surface area contributed by atoms with Gasteiger partial charge in [-0.1, -0.05) is 0 Å². The highest BCUT2D eigenvalue weighted by Gasteiger charge is 2.44. The van der Waals surface area contributed by atoms with E-state index in [-0.39, 0.29) is 23.7 Å². The highest BCUT2D eigenvalue weighted by atomic mass is 16.7. The molecular weight excluding hydrogens is 428 g/mol. The van der Waals surface area contributed by atoms with E-state index in [0.717, 1.165) is 12.1 Å². The molecule has 0 aliphatic carbocycles. The number of aliphatic hydroxyl groups is 4. The van der Waals surface area contributed by atoms with Gasteiger partial charge in [-0.25, -0.2) is 0 Å². The second-order valence-electron chi connectivity index (χ2n) is 7.22. The van der Waals surface area contributed by atoms with Crippen LogP contribution in [-0.4, -0.2) is 81.2 Å². The summed E-state index contributed by atoms with van der Waals surface area (Å²) in [6.07, 6.45) is -7.48. The van der Waals surface area contributed by atoms with Crippen LogP contribution in [0, 0.1) is 0 Å². The molecule has 0 saturated carbocycles. The van der Waals surface area contributed by atoms with Crippen molar-refractivity contribution in [3.8, 4) is 23.0 Å². The molecule has 0 amide bonds. The fourth-order valence-corrected chi connectivity index (χ4v) is 3.37. The van der Waals surface area contributed by atoms with Crippen LogP contribution in [0.4, 0.5) is 0 Å². The molecule has 0 bridgehead atoms. The van der Waals surface area contributed by atoms with Gasteiger partial charge in [-0.15, -0.1) is 0 Å². The van der Waals surface area contributed by atoms with Gasteiger partial charge in [0.25, 0.3) is 0 Å². The first-order valence-electron chi connectivity index (χ1n) is 9.59. The monoisotopic (exact) mass is 448 g/mol. The quantitative estimate of drug-likeness (QED) is 0.281. The molecule has 0 spiro atoms. The summed E-state index contributed by atoms with van der Waals surface area (Å²) in [6.45, 7) is -0.622. The summed E-state index contributed by atoms with van der Waals surface area (Å²) in [5.41, 5.74) is -0.228. The molecular formula is C21H20O11. The molecule has 2 aromatic rings. The van der Waals surface area contributed by atoms with Crippen LogP contribution in [0.25, 0.3) is 0 Å². The van der Waals surface area contributed by atoms with Crippen molar-refractivity contribution in [1.82, 2.24) is 0 Å². The number of Topliss-reactive ketones (excluding diaryl/α,β-unsaturated/α-hetero) is 2. The van der Waals surface area contributed by atoms with Gasteiger partial charge in [-0.05, 0) is 30.3 Å². The summed E-state index contributed by atoms with van der Waals surface area (Å²) in [7, 11) is 0. The number of ketones is 2. The molecule has 0 unspecified atom stereocenters. The van der Waals surface area contributed by atoms with Crippen LogP contribution in [0.1, 0.15) is 20.7 Å². The van der Waals surface area contributed by atoms with E-state index >= 15 is 0 Å². The summed E-state index contributed by atoms with van der Waals surface area (Å²) in [5, 5.41) is 49.2. The molecule has 0 aromatic heterocycles. The predicted molar refractivity (Wildman–Crippen MR) is 104 cm³/mol. The Hall–Kier alpha value is -3.22. The zero-order valence-electron chi connectivity index (χ0n) is 16.5. The lowest BCUT2D eigenvalue weighted by molar-refractivity contribution is -0.277. The number of carbonyl (C=O) groups excluding carboxylic acids is 2. The number of aromatic hydroxyl groups is 1. The van der Waals surface area contributed by atoms with Crippen molar-refractivity contribution in [3.63, 3.8) is 0 Å². The second-order valence-corrected chi connectivity index (χ2v) is 7.22. The van der Waals surface area contributed by atoms with E-state index in [4.69, 9.17) is 18.9 Å². The van der Waals surface area contributed by atoms with Crippen molar-refractivity contribution in [2.24, 2.45) is 0 Å². The molecule has 2 aliphatic rings. The van der Waals surface area contributed by atoms with Crippen LogP contribution in [0.5, 0.6) is 23.0 Å². The van der Waals surface area contributed by atoms with E-state index in [2.05, 4.69) is 0 Å². The van der Waals surface area contributed by atoms with Crippen LogP contribution in [-0.2, 0) is 4.74 Å². The van der Waals surface area contributed by atoms with Gasteiger partial charge in [-0.3, -0.25) is 9.59 Å². The lowest BCUT2D eigenvalue weighted by Crippen LogP contribution is -2.60. The molecule has 170 valence electrons. The van der Waals surface area contributed by atoms with Gasteiger partial charge in [0.05, 0.1) is 12.2 Å². The second kappa shape index (κ2) is 8.73. The van der Waals surface area contributed by atoms with Crippen molar-refractivity contribution >= 4 is 11.6 Å². The summed E-state index contributed by atoms with van der Waals surface area (Å²) >= 11 is 0. The number of carbonyl (C=O) groups is 2. The molecule has 2 aromatic carbocycles. The van der Waals surface area contributed by atoms with E-state index in [1.165, 1.54) is 24.3 Å². The van der Waals surface area contributed by atoms with E-state index < -0.39 is 54.6 Å². The van der Waals surface area contributed by atoms with Crippen LogP contribution in [0.15, 0.2) is 36.4 Å². The summed E-state index contributed by atoms with van der Waals surface area (Å²) in [5.74, 6) is -1.69. The normalized spacial score (nSPS) is 26.6. The largest absolute Gasteiger partial charge is 0.507 e. The number of phenolic OH excluding ortho intramolecular Hbond substituents is 1. The third-order valence-electron chi connectivity index (χ3n) is 5.16. The van der Waals surface area contributed by atoms with Crippen LogP contribution >= 0.6 is 0 Å². The van der Waals surface area contributed by atoms with E-state index in [1.54, 1.807) is 0 Å². The smallest absolute Gasteiger partial charge is 0.237 e.